The van der Waals surface area contributed by atoms with Gasteiger partial charge >= 0.3 is 0 Å². The van der Waals surface area contributed by atoms with Crippen LogP contribution in [0.15, 0.2) is 18.3 Å². The normalized spacial score (nSPS) is 21.6. The van der Waals surface area contributed by atoms with E-state index in [-0.39, 0.29) is 0 Å². The molecular formula is C16H22N4. The molecule has 2 aliphatic rings. The van der Waals surface area contributed by atoms with Gasteiger partial charge in [-0.05, 0) is 25.0 Å². The third-order valence-electron chi connectivity index (χ3n) is 4.61. The van der Waals surface area contributed by atoms with E-state index in [9.17, 15) is 0 Å². The molecule has 20 heavy (non-hydrogen) atoms. The fourth-order valence-electron chi connectivity index (χ4n) is 3.40. The first-order valence-electron chi connectivity index (χ1n) is 7.72. The van der Waals surface area contributed by atoms with Gasteiger partial charge in [-0.25, -0.2) is 4.98 Å². The van der Waals surface area contributed by atoms with Crippen LogP contribution in [0, 0.1) is 11.3 Å². The van der Waals surface area contributed by atoms with Crippen LogP contribution < -0.4 is 4.90 Å². The van der Waals surface area contributed by atoms with Gasteiger partial charge in [0.15, 0.2) is 0 Å². The first-order valence-corrected chi connectivity index (χ1v) is 7.72. The Morgan fingerprint density at radius 2 is 1.80 bits per heavy atom. The molecule has 1 saturated heterocycles. The van der Waals surface area contributed by atoms with Crippen LogP contribution >= 0.6 is 0 Å². The Labute approximate surface area is 121 Å². The van der Waals surface area contributed by atoms with Gasteiger partial charge in [0.05, 0.1) is 5.56 Å². The second-order valence-electron chi connectivity index (χ2n) is 5.83. The summed E-state index contributed by atoms with van der Waals surface area (Å²) in [5.74, 6) is 1.01. The smallest absolute Gasteiger partial charge is 0.128 e. The van der Waals surface area contributed by atoms with Gasteiger partial charge in [-0.2, -0.15) is 5.26 Å². The van der Waals surface area contributed by atoms with Gasteiger partial charge in [-0.15, -0.1) is 0 Å². The second kappa shape index (κ2) is 6.23. The minimum atomic E-state index is 0.634. The third kappa shape index (κ3) is 2.94. The Bertz CT molecular complexity index is 462. The van der Waals surface area contributed by atoms with Crippen molar-refractivity contribution in [1.82, 2.24) is 9.88 Å². The van der Waals surface area contributed by atoms with Gasteiger partial charge in [0.1, 0.15) is 11.9 Å². The van der Waals surface area contributed by atoms with Crippen molar-refractivity contribution in [3.05, 3.63) is 23.9 Å². The molecule has 0 spiro atoms. The molecule has 0 unspecified atom stereocenters. The Kier molecular flexibility index (Phi) is 4.17. The van der Waals surface area contributed by atoms with Crippen molar-refractivity contribution in [3.63, 3.8) is 0 Å². The lowest BCUT2D eigenvalue weighted by molar-refractivity contribution is 0.147. The maximum atomic E-state index is 8.81. The number of hydrogen-bond donors (Lipinski definition) is 0. The van der Waals surface area contributed by atoms with Crippen molar-refractivity contribution in [1.29, 1.82) is 5.26 Å². The maximum absolute atomic E-state index is 8.81. The van der Waals surface area contributed by atoms with Crippen LogP contribution in [-0.4, -0.2) is 42.1 Å². The van der Waals surface area contributed by atoms with Crippen molar-refractivity contribution in [2.75, 3.05) is 31.1 Å². The molecule has 1 saturated carbocycles. The molecule has 0 radical (unpaired) electrons. The van der Waals surface area contributed by atoms with Crippen molar-refractivity contribution >= 4 is 5.82 Å². The first kappa shape index (κ1) is 13.4. The molecule has 1 aromatic rings. The summed E-state index contributed by atoms with van der Waals surface area (Å²) in [6.07, 6.45) is 8.67. The average Bonchev–Trinajstić information content (AvgIpc) is 2.56. The summed E-state index contributed by atoms with van der Waals surface area (Å²) in [7, 11) is 0. The lowest BCUT2D eigenvalue weighted by Gasteiger charge is -2.41. The van der Waals surface area contributed by atoms with E-state index in [0.717, 1.165) is 38.0 Å². The molecule has 3 rings (SSSR count). The molecule has 4 nitrogen and oxygen atoms in total. The Hall–Kier alpha value is -1.60. The van der Waals surface area contributed by atoms with Gasteiger partial charge in [-0.3, -0.25) is 4.90 Å². The summed E-state index contributed by atoms with van der Waals surface area (Å²) in [5.41, 5.74) is 0.634. The number of nitriles is 1. The highest BCUT2D eigenvalue weighted by Gasteiger charge is 2.25. The van der Waals surface area contributed by atoms with E-state index in [1.165, 1.54) is 32.1 Å². The average molecular weight is 270 g/mol. The van der Waals surface area contributed by atoms with Crippen molar-refractivity contribution < 1.29 is 0 Å². The molecule has 2 fully saturated rings. The summed E-state index contributed by atoms with van der Waals surface area (Å²) in [5, 5.41) is 8.81. The van der Waals surface area contributed by atoms with Gasteiger partial charge in [0.25, 0.3) is 0 Å². The van der Waals surface area contributed by atoms with Crippen LogP contribution in [0.5, 0.6) is 0 Å². The summed E-state index contributed by atoms with van der Waals surface area (Å²) in [6.45, 7) is 4.39. The van der Waals surface area contributed by atoms with Gasteiger partial charge in [-0.1, -0.05) is 19.3 Å². The van der Waals surface area contributed by atoms with Crippen molar-refractivity contribution in [2.45, 2.75) is 38.1 Å². The fraction of sp³-hybridized carbons (Fsp3) is 0.625. The van der Waals surface area contributed by atoms with E-state index < -0.39 is 0 Å². The SMILES string of the molecule is N#Cc1ccc(N2CCN(C3CCCCC3)CC2)nc1. The number of aromatic nitrogens is 1. The highest BCUT2D eigenvalue weighted by atomic mass is 15.3. The van der Waals surface area contributed by atoms with E-state index in [4.69, 9.17) is 5.26 Å². The molecule has 0 aromatic carbocycles. The van der Waals surface area contributed by atoms with Crippen molar-refractivity contribution in [2.24, 2.45) is 0 Å². The van der Waals surface area contributed by atoms with E-state index in [1.807, 2.05) is 12.1 Å². The Morgan fingerprint density at radius 1 is 1.05 bits per heavy atom. The molecule has 1 aliphatic carbocycles. The van der Waals surface area contributed by atoms with Gasteiger partial charge in [0.2, 0.25) is 0 Å². The molecular weight excluding hydrogens is 248 g/mol. The second-order valence-corrected chi connectivity index (χ2v) is 5.83. The van der Waals surface area contributed by atoms with Crippen LogP contribution in [0.3, 0.4) is 0 Å². The topological polar surface area (TPSA) is 43.2 Å². The van der Waals surface area contributed by atoms with Crippen LogP contribution in [0.4, 0.5) is 5.82 Å². The molecule has 1 aromatic heterocycles. The van der Waals surface area contributed by atoms with Crippen LogP contribution in [-0.2, 0) is 0 Å². The number of pyridine rings is 1. The predicted octanol–water partition coefficient (Wildman–Crippen LogP) is 2.41. The molecule has 2 heterocycles. The summed E-state index contributed by atoms with van der Waals surface area (Å²) < 4.78 is 0. The standard InChI is InChI=1S/C16H22N4/c17-12-14-6-7-16(18-13-14)20-10-8-19(9-11-20)15-4-2-1-3-5-15/h6-7,13,15H,1-5,8-11H2. The summed E-state index contributed by atoms with van der Waals surface area (Å²) in [4.78, 5) is 9.40. The highest BCUT2D eigenvalue weighted by molar-refractivity contribution is 5.42. The van der Waals surface area contributed by atoms with Gasteiger partial charge < -0.3 is 4.90 Å². The number of anilines is 1. The zero-order valence-electron chi connectivity index (χ0n) is 12.0. The van der Waals surface area contributed by atoms with Crippen molar-refractivity contribution in [3.8, 4) is 6.07 Å². The minimum Gasteiger partial charge on any atom is -0.354 e. The van der Waals surface area contributed by atoms with Crippen LogP contribution in [0.2, 0.25) is 0 Å². The Balaban J connectivity index is 1.56. The maximum Gasteiger partial charge on any atom is 0.128 e. The largest absolute Gasteiger partial charge is 0.354 e. The minimum absolute atomic E-state index is 0.634. The summed E-state index contributed by atoms with van der Waals surface area (Å²) in [6, 6.07) is 6.76. The van der Waals surface area contributed by atoms with E-state index in [1.54, 1.807) is 6.20 Å². The number of nitrogens with zero attached hydrogens (tertiary/aromatic N) is 4. The lowest BCUT2D eigenvalue weighted by atomic mass is 9.94. The number of hydrogen-bond acceptors (Lipinski definition) is 4. The molecule has 0 atom stereocenters. The highest BCUT2D eigenvalue weighted by Crippen LogP contribution is 2.24. The van der Waals surface area contributed by atoms with Crippen LogP contribution in [0.25, 0.3) is 0 Å². The molecule has 0 N–H and O–H groups in total. The van der Waals surface area contributed by atoms with Gasteiger partial charge in [0, 0.05) is 38.4 Å². The predicted molar refractivity (Wildman–Crippen MR) is 79.6 cm³/mol. The Morgan fingerprint density at radius 3 is 2.40 bits per heavy atom. The van der Waals surface area contributed by atoms with E-state index in [2.05, 4.69) is 20.9 Å². The number of piperazine rings is 1. The fourth-order valence-corrected chi connectivity index (χ4v) is 3.40. The monoisotopic (exact) mass is 270 g/mol. The molecule has 0 amide bonds. The third-order valence-corrected chi connectivity index (χ3v) is 4.61. The molecule has 4 heteroatoms. The first-order chi connectivity index (χ1) is 9.86. The molecule has 1 aliphatic heterocycles. The van der Waals surface area contributed by atoms with E-state index in [0.29, 0.717) is 5.56 Å². The quantitative estimate of drug-likeness (QED) is 0.827. The zero-order valence-corrected chi connectivity index (χ0v) is 12.0. The molecule has 106 valence electrons. The summed E-state index contributed by atoms with van der Waals surface area (Å²) >= 11 is 0. The zero-order chi connectivity index (χ0) is 13.8. The van der Waals surface area contributed by atoms with E-state index >= 15 is 0 Å². The van der Waals surface area contributed by atoms with Crippen LogP contribution in [0.1, 0.15) is 37.7 Å². The number of rotatable bonds is 2. The molecule has 0 bridgehead atoms. The lowest BCUT2D eigenvalue weighted by Crippen LogP contribution is -2.51.